The summed E-state index contributed by atoms with van der Waals surface area (Å²) in [4.78, 5) is 0. The number of hydrogen-bond acceptors (Lipinski definition) is 1. The number of terminal acetylenes is 1. The van der Waals surface area contributed by atoms with E-state index < -0.39 is 0 Å². The number of aromatic nitrogens is 2. The minimum atomic E-state index is 0.867. The molecule has 1 heterocycles. The van der Waals surface area contributed by atoms with E-state index in [4.69, 9.17) is 6.42 Å². The lowest BCUT2D eigenvalue weighted by Gasteiger charge is -1.93. The minimum absolute atomic E-state index is 0.867. The first kappa shape index (κ1) is 9.85. The van der Waals surface area contributed by atoms with Gasteiger partial charge in [-0.2, -0.15) is 5.10 Å². The molecule has 0 radical (unpaired) electrons. The van der Waals surface area contributed by atoms with Gasteiger partial charge in [0.05, 0.1) is 5.69 Å². The standard InChI is InChI=1S/C11H16N2/c1-4-6-7-8-10-9-11(5-2)13(3)12-10/h2,9H,4,6-8H2,1,3H3. The Morgan fingerprint density at radius 1 is 1.54 bits per heavy atom. The van der Waals surface area contributed by atoms with E-state index in [-0.39, 0.29) is 0 Å². The first-order valence-corrected chi connectivity index (χ1v) is 4.77. The second-order valence-corrected chi connectivity index (χ2v) is 3.25. The van der Waals surface area contributed by atoms with Crippen LogP contribution in [-0.4, -0.2) is 9.78 Å². The Balaban J connectivity index is 2.54. The summed E-state index contributed by atoms with van der Waals surface area (Å²) in [5.74, 6) is 2.61. The second kappa shape index (κ2) is 4.71. The van der Waals surface area contributed by atoms with E-state index in [1.807, 2.05) is 13.1 Å². The van der Waals surface area contributed by atoms with Crippen LogP contribution in [0.4, 0.5) is 0 Å². The molecule has 0 aliphatic rings. The minimum Gasteiger partial charge on any atom is -0.260 e. The van der Waals surface area contributed by atoms with Crippen molar-refractivity contribution < 1.29 is 0 Å². The molecule has 0 fully saturated rings. The molecule has 70 valence electrons. The van der Waals surface area contributed by atoms with Crippen molar-refractivity contribution in [3.8, 4) is 12.3 Å². The predicted molar refractivity (Wildman–Crippen MR) is 54.4 cm³/mol. The Morgan fingerprint density at radius 2 is 2.31 bits per heavy atom. The van der Waals surface area contributed by atoms with Gasteiger partial charge in [0.25, 0.3) is 0 Å². The molecule has 1 aromatic rings. The van der Waals surface area contributed by atoms with Crippen molar-refractivity contribution in [2.24, 2.45) is 7.05 Å². The third-order valence-electron chi connectivity index (χ3n) is 2.11. The van der Waals surface area contributed by atoms with E-state index in [9.17, 15) is 0 Å². The maximum absolute atomic E-state index is 5.31. The Morgan fingerprint density at radius 3 is 2.85 bits per heavy atom. The zero-order chi connectivity index (χ0) is 9.68. The van der Waals surface area contributed by atoms with E-state index >= 15 is 0 Å². The Bertz CT molecular complexity index is 304. The van der Waals surface area contributed by atoms with Crippen LogP contribution < -0.4 is 0 Å². The maximum Gasteiger partial charge on any atom is 0.110 e. The van der Waals surface area contributed by atoms with Crippen molar-refractivity contribution in [1.29, 1.82) is 0 Å². The Kier molecular flexibility index (Phi) is 3.57. The zero-order valence-electron chi connectivity index (χ0n) is 8.38. The molecule has 0 aromatic carbocycles. The lowest BCUT2D eigenvalue weighted by molar-refractivity contribution is 0.680. The summed E-state index contributed by atoms with van der Waals surface area (Å²) in [6.45, 7) is 2.20. The van der Waals surface area contributed by atoms with Gasteiger partial charge in [0.1, 0.15) is 5.69 Å². The van der Waals surface area contributed by atoms with Crippen LogP contribution in [0, 0.1) is 12.3 Å². The van der Waals surface area contributed by atoms with Gasteiger partial charge in [-0.3, -0.25) is 4.68 Å². The lowest BCUT2D eigenvalue weighted by atomic mass is 10.1. The van der Waals surface area contributed by atoms with Crippen LogP contribution in [0.25, 0.3) is 0 Å². The molecule has 2 nitrogen and oxygen atoms in total. The van der Waals surface area contributed by atoms with Crippen molar-refractivity contribution in [1.82, 2.24) is 9.78 Å². The summed E-state index contributed by atoms with van der Waals surface area (Å²) in [5, 5.41) is 4.33. The highest BCUT2D eigenvalue weighted by atomic mass is 15.3. The van der Waals surface area contributed by atoms with Gasteiger partial charge in [-0.05, 0) is 18.9 Å². The molecular weight excluding hydrogens is 160 g/mol. The second-order valence-electron chi connectivity index (χ2n) is 3.25. The molecular formula is C11H16N2. The lowest BCUT2D eigenvalue weighted by Crippen LogP contribution is -1.94. The van der Waals surface area contributed by atoms with Crippen molar-refractivity contribution >= 4 is 0 Å². The average molecular weight is 176 g/mol. The molecule has 2 heteroatoms. The first-order valence-electron chi connectivity index (χ1n) is 4.77. The highest BCUT2D eigenvalue weighted by molar-refractivity contribution is 5.26. The fraction of sp³-hybridized carbons (Fsp3) is 0.545. The van der Waals surface area contributed by atoms with Gasteiger partial charge < -0.3 is 0 Å². The zero-order valence-corrected chi connectivity index (χ0v) is 8.38. The molecule has 0 saturated carbocycles. The van der Waals surface area contributed by atoms with Gasteiger partial charge in [-0.1, -0.05) is 25.7 Å². The molecule has 13 heavy (non-hydrogen) atoms. The summed E-state index contributed by atoms with van der Waals surface area (Å²) in [6, 6.07) is 2.00. The first-order chi connectivity index (χ1) is 6.27. The highest BCUT2D eigenvalue weighted by Gasteiger charge is 2.01. The normalized spacial score (nSPS) is 9.92. The number of nitrogens with zero attached hydrogens (tertiary/aromatic N) is 2. The summed E-state index contributed by atoms with van der Waals surface area (Å²) < 4.78 is 1.77. The third kappa shape index (κ3) is 2.62. The Hall–Kier alpha value is -1.23. The summed E-state index contributed by atoms with van der Waals surface area (Å²) in [6.07, 6.45) is 10.1. The van der Waals surface area contributed by atoms with Gasteiger partial charge in [-0.15, -0.1) is 6.42 Å². The quantitative estimate of drug-likeness (QED) is 0.507. The van der Waals surface area contributed by atoms with Gasteiger partial charge in [-0.25, -0.2) is 0 Å². The summed E-state index contributed by atoms with van der Waals surface area (Å²) in [5.41, 5.74) is 1.98. The number of rotatable bonds is 4. The van der Waals surface area contributed by atoms with Crippen molar-refractivity contribution in [2.75, 3.05) is 0 Å². The number of hydrogen-bond donors (Lipinski definition) is 0. The largest absolute Gasteiger partial charge is 0.260 e. The van der Waals surface area contributed by atoms with Gasteiger partial charge in [0.2, 0.25) is 0 Å². The fourth-order valence-electron chi connectivity index (χ4n) is 1.34. The van der Waals surface area contributed by atoms with Crippen LogP contribution in [0.3, 0.4) is 0 Å². The average Bonchev–Trinajstić information content (AvgIpc) is 2.47. The van der Waals surface area contributed by atoms with Crippen LogP contribution in [-0.2, 0) is 13.5 Å². The van der Waals surface area contributed by atoms with Crippen molar-refractivity contribution in [3.63, 3.8) is 0 Å². The molecule has 1 aromatic heterocycles. The fourth-order valence-corrected chi connectivity index (χ4v) is 1.34. The maximum atomic E-state index is 5.31. The molecule has 0 aliphatic carbocycles. The highest BCUT2D eigenvalue weighted by Crippen LogP contribution is 2.06. The van der Waals surface area contributed by atoms with E-state index in [1.54, 1.807) is 4.68 Å². The Labute approximate surface area is 80.0 Å². The van der Waals surface area contributed by atoms with E-state index in [0.717, 1.165) is 17.8 Å². The number of aryl methyl sites for hydroxylation is 2. The molecule has 0 amide bonds. The van der Waals surface area contributed by atoms with Crippen LogP contribution in [0.2, 0.25) is 0 Å². The molecule has 1 rings (SSSR count). The molecule has 0 saturated heterocycles. The van der Waals surface area contributed by atoms with Crippen molar-refractivity contribution in [3.05, 3.63) is 17.5 Å². The smallest absolute Gasteiger partial charge is 0.110 e. The monoisotopic (exact) mass is 176 g/mol. The molecule has 0 atom stereocenters. The molecule has 0 unspecified atom stereocenters. The SMILES string of the molecule is C#Cc1cc(CCCCC)nn1C. The van der Waals surface area contributed by atoms with Gasteiger partial charge in [0.15, 0.2) is 0 Å². The van der Waals surface area contributed by atoms with Crippen molar-refractivity contribution in [2.45, 2.75) is 32.6 Å². The molecule has 0 N–H and O–H groups in total. The third-order valence-corrected chi connectivity index (χ3v) is 2.11. The van der Waals surface area contributed by atoms with E-state index in [2.05, 4.69) is 17.9 Å². The van der Waals surface area contributed by atoms with Gasteiger partial charge in [0, 0.05) is 7.05 Å². The summed E-state index contributed by atoms with van der Waals surface area (Å²) in [7, 11) is 1.89. The molecule has 0 bridgehead atoms. The molecule has 0 aliphatic heterocycles. The van der Waals surface area contributed by atoms with Gasteiger partial charge >= 0.3 is 0 Å². The number of unbranched alkanes of at least 4 members (excludes halogenated alkanes) is 2. The van der Waals surface area contributed by atoms with E-state index in [1.165, 1.54) is 19.3 Å². The predicted octanol–water partition coefficient (Wildman–Crippen LogP) is 2.13. The summed E-state index contributed by atoms with van der Waals surface area (Å²) >= 11 is 0. The van der Waals surface area contributed by atoms with Crippen LogP contribution in [0.5, 0.6) is 0 Å². The van der Waals surface area contributed by atoms with Crippen LogP contribution in [0.1, 0.15) is 37.6 Å². The van der Waals surface area contributed by atoms with Crippen LogP contribution in [0.15, 0.2) is 6.07 Å². The topological polar surface area (TPSA) is 17.8 Å². The van der Waals surface area contributed by atoms with E-state index in [0.29, 0.717) is 0 Å². The molecule has 0 spiro atoms. The van der Waals surface area contributed by atoms with Crippen LogP contribution >= 0.6 is 0 Å².